The molecule has 0 radical (unpaired) electrons. The Morgan fingerprint density at radius 2 is 2.03 bits per heavy atom. The number of imidazole rings is 1. The van der Waals surface area contributed by atoms with Crippen LogP contribution in [0.4, 0.5) is 4.39 Å². The second-order valence-electron chi connectivity index (χ2n) is 8.23. The van der Waals surface area contributed by atoms with Gasteiger partial charge in [0.2, 0.25) is 0 Å². The zero-order valence-electron chi connectivity index (χ0n) is 18.8. The normalized spacial score (nSPS) is 19.3. The Bertz CT molecular complexity index is 1170. The Hall–Kier alpha value is -3.22. The highest BCUT2D eigenvalue weighted by atomic mass is 19.1. The van der Waals surface area contributed by atoms with Gasteiger partial charge in [-0.3, -0.25) is 0 Å². The Balaban J connectivity index is 1.44. The van der Waals surface area contributed by atoms with Crippen LogP contribution in [0.5, 0.6) is 5.75 Å². The van der Waals surface area contributed by atoms with Crippen molar-refractivity contribution in [3.8, 4) is 28.7 Å². The Morgan fingerprint density at radius 1 is 1.24 bits per heavy atom. The molecular formula is C26H27FN2O5. The van der Waals surface area contributed by atoms with E-state index in [0.717, 1.165) is 0 Å². The van der Waals surface area contributed by atoms with Crippen LogP contribution in [0.1, 0.15) is 30.5 Å². The van der Waals surface area contributed by atoms with Gasteiger partial charge in [-0.05, 0) is 36.8 Å². The van der Waals surface area contributed by atoms with E-state index in [-0.39, 0.29) is 19.1 Å². The summed E-state index contributed by atoms with van der Waals surface area (Å²) in [6.07, 6.45) is 1.89. The first-order valence-corrected chi connectivity index (χ1v) is 11.1. The fraction of sp³-hybridized carbons (Fsp3) is 0.346. The van der Waals surface area contributed by atoms with Crippen LogP contribution in [0.3, 0.4) is 0 Å². The van der Waals surface area contributed by atoms with E-state index < -0.39 is 24.1 Å². The predicted octanol–water partition coefficient (Wildman–Crippen LogP) is 2.71. The maximum absolute atomic E-state index is 14.7. The fourth-order valence-electron chi connectivity index (χ4n) is 3.78. The van der Waals surface area contributed by atoms with Crippen LogP contribution in [0, 0.1) is 23.6 Å². The van der Waals surface area contributed by atoms with E-state index in [1.165, 1.54) is 6.07 Å². The van der Waals surface area contributed by atoms with Crippen molar-refractivity contribution in [3.05, 3.63) is 72.1 Å². The van der Waals surface area contributed by atoms with Crippen LogP contribution in [-0.2, 0) is 4.74 Å². The number of ether oxygens (including phenoxy) is 2. The summed E-state index contributed by atoms with van der Waals surface area (Å²) in [6, 6.07) is 11.3. The molecule has 1 fully saturated rings. The highest BCUT2D eigenvalue weighted by molar-refractivity contribution is 5.66. The molecule has 34 heavy (non-hydrogen) atoms. The molecular weight excluding hydrogens is 439 g/mol. The van der Waals surface area contributed by atoms with Crippen LogP contribution >= 0.6 is 0 Å². The first kappa shape index (κ1) is 23.9. The molecule has 0 saturated carbocycles. The van der Waals surface area contributed by atoms with Gasteiger partial charge in [0.15, 0.2) is 0 Å². The van der Waals surface area contributed by atoms with E-state index in [9.17, 15) is 19.7 Å². The van der Waals surface area contributed by atoms with E-state index >= 15 is 0 Å². The van der Waals surface area contributed by atoms with Gasteiger partial charge < -0.3 is 29.4 Å². The lowest BCUT2D eigenvalue weighted by molar-refractivity contribution is 0.104. The van der Waals surface area contributed by atoms with Gasteiger partial charge >= 0.3 is 0 Å². The number of hydrogen-bond donors (Lipinski definition) is 3. The number of nitrogens with zero attached hydrogens (tertiary/aromatic N) is 2. The minimum Gasteiger partial charge on any atom is -0.493 e. The highest BCUT2D eigenvalue weighted by Crippen LogP contribution is 2.27. The molecule has 2 unspecified atom stereocenters. The third-order valence-corrected chi connectivity index (χ3v) is 5.73. The molecule has 1 saturated heterocycles. The smallest absolute Gasteiger partial charge is 0.138 e. The van der Waals surface area contributed by atoms with Crippen LogP contribution < -0.4 is 4.74 Å². The number of aliphatic hydroxyl groups excluding tert-OH is 3. The van der Waals surface area contributed by atoms with Gasteiger partial charge in [0.25, 0.3) is 0 Å². The topological polar surface area (TPSA) is 97.0 Å². The van der Waals surface area contributed by atoms with Gasteiger partial charge in [-0.15, -0.1) is 0 Å². The van der Waals surface area contributed by atoms with Crippen LogP contribution in [0.25, 0.3) is 11.1 Å². The van der Waals surface area contributed by atoms with Crippen molar-refractivity contribution >= 4 is 0 Å². The standard InChI is InChI=1S/C26H27FN2O5/c1-17(31)26-28-10-11-29(26)21(13-30)7-4-18-2-5-19(6-3-18)23-9-8-22(12-24(23)27)34-15-20-14-33-16-25(20)32/h2-3,5-6,8-12,17,20-21,25,30-32H,13-16H2,1H3/t17?,20?,21-,25+/m0/s1. The molecule has 0 bridgehead atoms. The van der Waals surface area contributed by atoms with Crippen LogP contribution in [-0.4, -0.2) is 57.4 Å². The van der Waals surface area contributed by atoms with Gasteiger partial charge in [-0.2, -0.15) is 0 Å². The molecule has 4 atom stereocenters. The molecule has 178 valence electrons. The monoisotopic (exact) mass is 466 g/mol. The second-order valence-corrected chi connectivity index (χ2v) is 8.23. The molecule has 0 spiro atoms. The van der Waals surface area contributed by atoms with Crippen molar-refractivity contribution in [1.29, 1.82) is 0 Å². The second kappa shape index (κ2) is 10.8. The maximum atomic E-state index is 14.7. The minimum absolute atomic E-state index is 0.116. The third-order valence-electron chi connectivity index (χ3n) is 5.73. The van der Waals surface area contributed by atoms with Gasteiger partial charge in [0.1, 0.15) is 29.5 Å². The molecule has 8 heteroatoms. The lowest BCUT2D eigenvalue weighted by atomic mass is 10.0. The Morgan fingerprint density at radius 3 is 2.68 bits per heavy atom. The average molecular weight is 467 g/mol. The molecule has 7 nitrogen and oxygen atoms in total. The molecule has 3 aromatic rings. The zero-order valence-corrected chi connectivity index (χ0v) is 18.8. The molecule has 2 heterocycles. The van der Waals surface area contributed by atoms with Crippen molar-refractivity contribution < 1.29 is 29.2 Å². The zero-order chi connectivity index (χ0) is 24.1. The number of hydrogen-bond acceptors (Lipinski definition) is 6. The summed E-state index contributed by atoms with van der Waals surface area (Å²) in [6.45, 7) is 2.37. The predicted molar refractivity (Wildman–Crippen MR) is 124 cm³/mol. The van der Waals surface area contributed by atoms with Crippen molar-refractivity contribution in [3.63, 3.8) is 0 Å². The number of aromatic nitrogens is 2. The van der Waals surface area contributed by atoms with E-state index in [4.69, 9.17) is 9.47 Å². The summed E-state index contributed by atoms with van der Waals surface area (Å²) in [5, 5.41) is 29.3. The average Bonchev–Trinajstić information content (AvgIpc) is 3.48. The molecule has 2 aromatic carbocycles. The molecule has 1 aromatic heterocycles. The number of aliphatic hydroxyl groups is 3. The fourth-order valence-corrected chi connectivity index (χ4v) is 3.78. The quantitative estimate of drug-likeness (QED) is 0.464. The van der Waals surface area contributed by atoms with Crippen LogP contribution in [0.15, 0.2) is 54.9 Å². The highest BCUT2D eigenvalue weighted by Gasteiger charge is 2.26. The Kier molecular flexibility index (Phi) is 7.60. The lowest BCUT2D eigenvalue weighted by Gasteiger charge is -2.14. The SMILES string of the molecule is CC(O)c1nccn1[C@@H](C#Cc1ccc(-c2ccc(OCC3COC[C@H]3O)cc2F)cc1)CO. The van der Waals surface area contributed by atoms with Gasteiger partial charge in [0.05, 0.1) is 32.5 Å². The van der Waals surface area contributed by atoms with Crippen molar-refractivity contribution in [2.24, 2.45) is 5.92 Å². The Labute approximate surface area is 197 Å². The van der Waals surface area contributed by atoms with Crippen molar-refractivity contribution in [2.75, 3.05) is 26.4 Å². The van der Waals surface area contributed by atoms with E-state index in [2.05, 4.69) is 16.8 Å². The molecule has 0 amide bonds. The molecule has 4 rings (SSSR count). The van der Waals surface area contributed by atoms with E-state index in [1.54, 1.807) is 60.3 Å². The van der Waals surface area contributed by atoms with Gasteiger partial charge in [0, 0.05) is 35.5 Å². The summed E-state index contributed by atoms with van der Waals surface area (Å²) in [4.78, 5) is 4.11. The summed E-state index contributed by atoms with van der Waals surface area (Å²) in [7, 11) is 0. The van der Waals surface area contributed by atoms with Crippen molar-refractivity contribution in [2.45, 2.75) is 25.2 Å². The van der Waals surface area contributed by atoms with Gasteiger partial charge in [-0.25, -0.2) is 9.37 Å². The maximum Gasteiger partial charge on any atom is 0.138 e. The summed E-state index contributed by atoms with van der Waals surface area (Å²) >= 11 is 0. The third kappa shape index (κ3) is 5.46. The molecule has 3 N–H and O–H groups in total. The number of rotatable bonds is 7. The van der Waals surface area contributed by atoms with Crippen LogP contribution in [0.2, 0.25) is 0 Å². The first-order chi connectivity index (χ1) is 16.5. The van der Waals surface area contributed by atoms with E-state index in [1.807, 2.05) is 0 Å². The lowest BCUT2D eigenvalue weighted by Crippen LogP contribution is -2.24. The molecule has 1 aliphatic rings. The largest absolute Gasteiger partial charge is 0.493 e. The summed E-state index contributed by atoms with van der Waals surface area (Å²) in [5.74, 6) is 6.31. The number of halogens is 1. The summed E-state index contributed by atoms with van der Waals surface area (Å²) in [5.41, 5.74) is 1.84. The first-order valence-electron chi connectivity index (χ1n) is 11.1. The summed E-state index contributed by atoms with van der Waals surface area (Å²) < 4.78 is 27.2. The molecule has 1 aliphatic heterocycles. The molecule has 0 aliphatic carbocycles. The van der Waals surface area contributed by atoms with Gasteiger partial charge in [-0.1, -0.05) is 24.0 Å². The number of benzene rings is 2. The van der Waals surface area contributed by atoms with E-state index in [0.29, 0.717) is 41.5 Å². The van der Waals surface area contributed by atoms with Crippen molar-refractivity contribution in [1.82, 2.24) is 9.55 Å². The minimum atomic E-state index is -0.778.